The van der Waals surface area contributed by atoms with Crippen molar-refractivity contribution in [2.45, 2.75) is 6.42 Å². The summed E-state index contributed by atoms with van der Waals surface area (Å²) in [7, 11) is 0. The monoisotopic (exact) mass is 344 g/mol. The zero-order chi connectivity index (χ0) is 14.2. The Morgan fingerprint density at radius 1 is 1.24 bits per heavy atom. The lowest BCUT2D eigenvalue weighted by molar-refractivity contribution is 0.296. The molecule has 1 N–H and O–H groups in total. The maximum atomic E-state index is 5.34. The van der Waals surface area contributed by atoms with Crippen LogP contribution < -0.4 is 5.32 Å². The van der Waals surface area contributed by atoms with E-state index < -0.39 is 0 Å². The number of pyridine rings is 1. The largest absolute Gasteiger partial charge is 0.339 e. The van der Waals surface area contributed by atoms with Crippen molar-refractivity contribution in [3.63, 3.8) is 0 Å². The highest BCUT2D eigenvalue weighted by Crippen LogP contribution is 2.28. The highest BCUT2D eigenvalue weighted by atomic mass is 79.9. The molecule has 1 aliphatic heterocycles. The van der Waals surface area contributed by atoms with Crippen molar-refractivity contribution in [2.24, 2.45) is 5.92 Å². The number of aromatic nitrogens is 3. The highest BCUT2D eigenvalue weighted by molar-refractivity contribution is 9.10. The van der Waals surface area contributed by atoms with E-state index in [4.69, 9.17) is 4.52 Å². The Hall–Kier alpha value is -1.79. The predicted molar refractivity (Wildman–Crippen MR) is 82.8 cm³/mol. The normalized spacial score (nSPS) is 15.3. The zero-order valence-corrected chi connectivity index (χ0v) is 12.8. The number of fused-ring (bicyclic) bond motifs is 1. The average Bonchev–Trinajstić information content (AvgIpc) is 2.90. The third-order valence-electron chi connectivity index (χ3n) is 3.69. The summed E-state index contributed by atoms with van der Waals surface area (Å²) >= 11 is 3.54. The lowest BCUT2D eigenvalue weighted by atomic mass is 10.00. The van der Waals surface area contributed by atoms with Crippen LogP contribution in [0.5, 0.6) is 0 Å². The van der Waals surface area contributed by atoms with Crippen LogP contribution in [0, 0.1) is 5.92 Å². The number of nitrogens with one attached hydrogen (secondary N) is 1. The van der Waals surface area contributed by atoms with Gasteiger partial charge in [0, 0.05) is 16.3 Å². The second-order valence-electron chi connectivity index (χ2n) is 5.25. The van der Waals surface area contributed by atoms with Gasteiger partial charge in [0.2, 0.25) is 11.7 Å². The molecule has 1 aliphatic rings. The fraction of sp³-hybridized carbons (Fsp3) is 0.267. The molecule has 3 heterocycles. The molecule has 1 fully saturated rings. The standard InChI is InChI=1S/C15H13BrN4O/c16-11-6-10-3-1-2-4-12(10)18-14(11)15-19-13(21-20-15)5-9-7-17-8-9/h1-4,6,9,17H,5,7-8H2. The van der Waals surface area contributed by atoms with Gasteiger partial charge in [-0.25, -0.2) is 4.98 Å². The second-order valence-corrected chi connectivity index (χ2v) is 6.11. The van der Waals surface area contributed by atoms with Crippen LogP contribution in [0.2, 0.25) is 0 Å². The summed E-state index contributed by atoms with van der Waals surface area (Å²) in [6, 6.07) is 10.0. The molecule has 0 unspecified atom stereocenters. The summed E-state index contributed by atoms with van der Waals surface area (Å²) in [6.45, 7) is 2.05. The minimum Gasteiger partial charge on any atom is -0.339 e. The van der Waals surface area contributed by atoms with Crippen LogP contribution in [-0.2, 0) is 6.42 Å². The molecule has 0 radical (unpaired) electrons. The number of hydrogen-bond acceptors (Lipinski definition) is 5. The van der Waals surface area contributed by atoms with Gasteiger partial charge < -0.3 is 9.84 Å². The minimum absolute atomic E-state index is 0.537. The van der Waals surface area contributed by atoms with Crippen LogP contribution in [0.25, 0.3) is 22.4 Å². The summed E-state index contributed by atoms with van der Waals surface area (Å²) in [6.07, 6.45) is 0.825. The van der Waals surface area contributed by atoms with E-state index in [-0.39, 0.29) is 0 Å². The van der Waals surface area contributed by atoms with Gasteiger partial charge in [-0.05, 0) is 47.1 Å². The van der Waals surface area contributed by atoms with E-state index in [1.807, 2.05) is 30.3 Å². The van der Waals surface area contributed by atoms with Crippen LogP contribution in [0.1, 0.15) is 5.89 Å². The summed E-state index contributed by atoms with van der Waals surface area (Å²) in [5.41, 5.74) is 1.64. The van der Waals surface area contributed by atoms with Crippen molar-refractivity contribution in [3.05, 3.63) is 40.7 Å². The Labute approximate surface area is 129 Å². The first-order valence-corrected chi connectivity index (χ1v) is 7.68. The maximum absolute atomic E-state index is 5.34. The smallest absolute Gasteiger partial charge is 0.227 e. The molecule has 21 heavy (non-hydrogen) atoms. The molecule has 5 nitrogen and oxygen atoms in total. The van der Waals surface area contributed by atoms with Gasteiger partial charge in [0.25, 0.3) is 0 Å². The van der Waals surface area contributed by atoms with E-state index in [2.05, 4.69) is 36.4 Å². The Bertz CT molecular complexity index is 797. The quantitative estimate of drug-likeness (QED) is 0.791. The SMILES string of the molecule is Brc1cc2ccccc2nc1-c1noc(CC2CNC2)n1. The van der Waals surface area contributed by atoms with Crippen LogP contribution in [0.4, 0.5) is 0 Å². The molecule has 3 aromatic rings. The number of benzene rings is 1. The zero-order valence-electron chi connectivity index (χ0n) is 11.2. The molecular weight excluding hydrogens is 332 g/mol. The van der Waals surface area contributed by atoms with Crippen LogP contribution in [-0.4, -0.2) is 28.2 Å². The summed E-state index contributed by atoms with van der Waals surface area (Å²) in [5.74, 6) is 1.82. The van der Waals surface area contributed by atoms with Crippen molar-refractivity contribution in [3.8, 4) is 11.5 Å². The predicted octanol–water partition coefficient (Wildman–Crippen LogP) is 2.81. The fourth-order valence-corrected chi connectivity index (χ4v) is 2.93. The molecule has 4 rings (SSSR count). The average molecular weight is 345 g/mol. The summed E-state index contributed by atoms with van der Waals surface area (Å²) < 4.78 is 6.22. The molecule has 0 atom stereocenters. The van der Waals surface area contributed by atoms with Crippen molar-refractivity contribution >= 4 is 26.8 Å². The lowest BCUT2D eigenvalue weighted by Gasteiger charge is -2.25. The van der Waals surface area contributed by atoms with Gasteiger partial charge in [-0.3, -0.25) is 0 Å². The molecule has 0 aliphatic carbocycles. The van der Waals surface area contributed by atoms with Crippen molar-refractivity contribution in [2.75, 3.05) is 13.1 Å². The molecule has 0 bridgehead atoms. The van der Waals surface area contributed by atoms with Gasteiger partial charge in [-0.1, -0.05) is 23.4 Å². The van der Waals surface area contributed by atoms with Gasteiger partial charge in [-0.2, -0.15) is 4.98 Å². The topological polar surface area (TPSA) is 63.8 Å². The number of halogens is 1. The van der Waals surface area contributed by atoms with Crippen molar-refractivity contribution in [1.29, 1.82) is 0 Å². The van der Waals surface area contributed by atoms with Crippen LogP contribution in [0.3, 0.4) is 0 Å². The van der Waals surface area contributed by atoms with Gasteiger partial charge in [0.15, 0.2) is 0 Å². The van der Waals surface area contributed by atoms with Crippen LogP contribution >= 0.6 is 15.9 Å². The van der Waals surface area contributed by atoms with Gasteiger partial charge in [-0.15, -0.1) is 0 Å². The summed E-state index contributed by atoms with van der Waals surface area (Å²) in [5, 5.41) is 8.39. The third-order valence-corrected chi connectivity index (χ3v) is 4.29. The van der Waals surface area contributed by atoms with E-state index in [0.29, 0.717) is 17.6 Å². The molecule has 0 amide bonds. The Balaban J connectivity index is 1.70. The maximum Gasteiger partial charge on any atom is 0.227 e. The molecule has 6 heteroatoms. The molecule has 2 aromatic heterocycles. The Morgan fingerprint density at radius 2 is 2.10 bits per heavy atom. The van der Waals surface area contributed by atoms with E-state index in [1.165, 1.54) is 0 Å². The molecule has 1 saturated heterocycles. The van der Waals surface area contributed by atoms with Gasteiger partial charge in [0.1, 0.15) is 5.69 Å². The second kappa shape index (κ2) is 5.20. The van der Waals surface area contributed by atoms with Crippen molar-refractivity contribution < 1.29 is 4.52 Å². The number of nitrogens with zero attached hydrogens (tertiary/aromatic N) is 3. The van der Waals surface area contributed by atoms with E-state index in [0.717, 1.165) is 40.6 Å². The molecule has 106 valence electrons. The van der Waals surface area contributed by atoms with E-state index >= 15 is 0 Å². The number of para-hydroxylation sites is 1. The highest BCUT2D eigenvalue weighted by Gasteiger charge is 2.21. The minimum atomic E-state index is 0.537. The van der Waals surface area contributed by atoms with Crippen molar-refractivity contribution in [1.82, 2.24) is 20.4 Å². The molecule has 0 saturated carbocycles. The first-order chi connectivity index (χ1) is 10.3. The van der Waals surface area contributed by atoms with Gasteiger partial charge in [0.05, 0.1) is 5.52 Å². The fourth-order valence-electron chi connectivity index (χ4n) is 2.42. The van der Waals surface area contributed by atoms with E-state index in [9.17, 15) is 0 Å². The van der Waals surface area contributed by atoms with Gasteiger partial charge >= 0.3 is 0 Å². The first kappa shape index (κ1) is 12.9. The molecule has 1 aromatic carbocycles. The Morgan fingerprint density at radius 3 is 2.90 bits per heavy atom. The molecule has 0 spiro atoms. The number of hydrogen-bond donors (Lipinski definition) is 1. The third kappa shape index (κ3) is 2.45. The molecular formula is C15H13BrN4O. The van der Waals surface area contributed by atoms with E-state index in [1.54, 1.807) is 0 Å². The lowest BCUT2D eigenvalue weighted by Crippen LogP contribution is -2.43. The summed E-state index contributed by atoms with van der Waals surface area (Å²) in [4.78, 5) is 9.10. The van der Waals surface area contributed by atoms with Crippen LogP contribution in [0.15, 0.2) is 39.3 Å². The number of rotatable bonds is 3. The first-order valence-electron chi connectivity index (χ1n) is 6.88. The Kier molecular flexibility index (Phi) is 3.20.